The quantitative estimate of drug-likeness (QED) is 0.739. The largest absolute Gasteiger partial charge is 0.310 e. The summed E-state index contributed by atoms with van der Waals surface area (Å²) in [6.07, 6.45) is 3.98. The lowest BCUT2D eigenvalue weighted by molar-refractivity contribution is 0.687. The van der Waals surface area contributed by atoms with E-state index in [2.05, 4.69) is 36.5 Å². The van der Waals surface area contributed by atoms with Gasteiger partial charge in [-0.3, -0.25) is 0 Å². The van der Waals surface area contributed by atoms with Crippen molar-refractivity contribution in [2.24, 2.45) is 0 Å². The summed E-state index contributed by atoms with van der Waals surface area (Å²) in [5.41, 5.74) is 1.42. The Morgan fingerprint density at radius 3 is 3.00 bits per heavy atom. The third-order valence-electron chi connectivity index (χ3n) is 2.54. The summed E-state index contributed by atoms with van der Waals surface area (Å²) in [6.45, 7) is 3.26. The predicted molar refractivity (Wildman–Crippen MR) is 67.3 cm³/mol. The van der Waals surface area contributed by atoms with Gasteiger partial charge in [-0.05, 0) is 42.7 Å². The van der Waals surface area contributed by atoms with Crippen LogP contribution in [0.15, 0.2) is 29.2 Å². The molecule has 0 aliphatic heterocycles. The van der Waals surface area contributed by atoms with E-state index < -0.39 is 0 Å². The van der Waals surface area contributed by atoms with Gasteiger partial charge in [0.25, 0.3) is 0 Å². The highest BCUT2D eigenvalue weighted by atomic mass is 32.2. The SMILES string of the molecule is CCCSc1cccc(CNC2CC2)c1. The second kappa shape index (κ2) is 5.57. The molecule has 2 rings (SSSR count). The maximum absolute atomic E-state index is 3.55. The maximum Gasteiger partial charge on any atom is 0.0208 e. The molecule has 1 aromatic carbocycles. The minimum atomic E-state index is 0.803. The molecular formula is C13H19NS. The van der Waals surface area contributed by atoms with E-state index in [1.165, 1.54) is 35.5 Å². The normalized spacial score (nSPS) is 15.5. The molecule has 1 aromatic rings. The smallest absolute Gasteiger partial charge is 0.0208 e. The van der Waals surface area contributed by atoms with Gasteiger partial charge in [0.1, 0.15) is 0 Å². The van der Waals surface area contributed by atoms with E-state index in [0.29, 0.717) is 0 Å². The molecule has 0 radical (unpaired) electrons. The first-order valence-electron chi connectivity index (χ1n) is 5.83. The van der Waals surface area contributed by atoms with Crippen molar-refractivity contribution in [2.75, 3.05) is 5.75 Å². The van der Waals surface area contributed by atoms with Crippen LogP contribution in [0.2, 0.25) is 0 Å². The molecule has 15 heavy (non-hydrogen) atoms. The van der Waals surface area contributed by atoms with Crippen LogP contribution in [0.5, 0.6) is 0 Å². The van der Waals surface area contributed by atoms with Gasteiger partial charge in [0.15, 0.2) is 0 Å². The second-order valence-electron chi connectivity index (χ2n) is 4.15. The zero-order valence-electron chi connectivity index (χ0n) is 9.33. The molecule has 0 amide bonds. The van der Waals surface area contributed by atoms with Crippen molar-refractivity contribution in [3.8, 4) is 0 Å². The Morgan fingerprint density at radius 1 is 1.40 bits per heavy atom. The Hall–Kier alpha value is -0.470. The fourth-order valence-electron chi connectivity index (χ4n) is 1.51. The predicted octanol–water partition coefficient (Wildman–Crippen LogP) is 3.44. The molecule has 82 valence electrons. The number of benzene rings is 1. The number of hydrogen-bond donors (Lipinski definition) is 1. The Labute approximate surface area is 96.7 Å². The van der Waals surface area contributed by atoms with Gasteiger partial charge in [0.05, 0.1) is 0 Å². The minimum absolute atomic E-state index is 0.803. The van der Waals surface area contributed by atoms with E-state index in [-0.39, 0.29) is 0 Å². The van der Waals surface area contributed by atoms with Crippen LogP contribution in [0.25, 0.3) is 0 Å². The molecule has 1 aliphatic rings. The molecule has 0 bridgehead atoms. The standard InChI is InChI=1S/C13H19NS/c1-2-8-15-13-5-3-4-11(9-13)10-14-12-6-7-12/h3-5,9,12,14H,2,6-8,10H2,1H3. The van der Waals surface area contributed by atoms with Crippen LogP contribution in [-0.4, -0.2) is 11.8 Å². The fraction of sp³-hybridized carbons (Fsp3) is 0.538. The van der Waals surface area contributed by atoms with Crippen molar-refractivity contribution in [1.29, 1.82) is 0 Å². The van der Waals surface area contributed by atoms with Crippen molar-refractivity contribution < 1.29 is 0 Å². The number of hydrogen-bond acceptors (Lipinski definition) is 2. The highest BCUT2D eigenvalue weighted by Gasteiger charge is 2.19. The van der Waals surface area contributed by atoms with Crippen LogP contribution >= 0.6 is 11.8 Å². The van der Waals surface area contributed by atoms with Crippen LogP contribution in [0.4, 0.5) is 0 Å². The zero-order valence-corrected chi connectivity index (χ0v) is 10.1. The first-order valence-corrected chi connectivity index (χ1v) is 6.82. The van der Waals surface area contributed by atoms with Gasteiger partial charge in [0, 0.05) is 17.5 Å². The summed E-state index contributed by atoms with van der Waals surface area (Å²) in [6, 6.07) is 9.71. The molecule has 0 spiro atoms. The molecule has 0 aromatic heterocycles. The van der Waals surface area contributed by atoms with Crippen molar-refractivity contribution in [2.45, 2.75) is 43.7 Å². The van der Waals surface area contributed by atoms with Gasteiger partial charge in [0.2, 0.25) is 0 Å². The van der Waals surface area contributed by atoms with Crippen LogP contribution in [0.1, 0.15) is 31.7 Å². The van der Waals surface area contributed by atoms with Gasteiger partial charge in [-0.15, -0.1) is 11.8 Å². The van der Waals surface area contributed by atoms with Gasteiger partial charge in [-0.1, -0.05) is 19.1 Å². The molecule has 0 unspecified atom stereocenters. The molecule has 2 heteroatoms. The molecule has 0 heterocycles. The number of rotatable bonds is 6. The second-order valence-corrected chi connectivity index (χ2v) is 5.32. The van der Waals surface area contributed by atoms with E-state index in [1.807, 2.05) is 11.8 Å². The highest BCUT2D eigenvalue weighted by molar-refractivity contribution is 7.99. The summed E-state index contributed by atoms with van der Waals surface area (Å²) >= 11 is 1.96. The lowest BCUT2D eigenvalue weighted by Crippen LogP contribution is -2.15. The van der Waals surface area contributed by atoms with Crippen LogP contribution in [-0.2, 0) is 6.54 Å². The van der Waals surface area contributed by atoms with E-state index in [1.54, 1.807) is 0 Å². The lowest BCUT2D eigenvalue weighted by atomic mass is 10.2. The van der Waals surface area contributed by atoms with Gasteiger partial charge >= 0.3 is 0 Å². The van der Waals surface area contributed by atoms with Gasteiger partial charge < -0.3 is 5.32 Å². The van der Waals surface area contributed by atoms with E-state index in [4.69, 9.17) is 0 Å². The highest BCUT2D eigenvalue weighted by Crippen LogP contribution is 2.22. The molecule has 0 saturated heterocycles. The van der Waals surface area contributed by atoms with Crippen LogP contribution in [0, 0.1) is 0 Å². The van der Waals surface area contributed by atoms with Crippen molar-refractivity contribution in [3.05, 3.63) is 29.8 Å². The average Bonchev–Trinajstić information content (AvgIpc) is 3.08. The Bertz CT molecular complexity index is 307. The number of thioether (sulfide) groups is 1. The van der Waals surface area contributed by atoms with Crippen molar-refractivity contribution in [1.82, 2.24) is 5.32 Å². The molecule has 1 nitrogen and oxygen atoms in total. The zero-order chi connectivity index (χ0) is 10.5. The summed E-state index contributed by atoms with van der Waals surface area (Å²) in [4.78, 5) is 1.41. The average molecular weight is 221 g/mol. The third kappa shape index (κ3) is 3.88. The first kappa shape index (κ1) is 11.0. The van der Waals surface area contributed by atoms with Gasteiger partial charge in [-0.25, -0.2) is 0 Å². The molecule has 1 N–H and O–H groups in total. The molecular weight excluding hydrogens is 202 g/mol. The summed E-state index contributed by atoms with van der Waals surface area (Å²) in [5.74, 6) is 1.22. The van der Waals surface area contributed by atoms with Crippen LogP contribution < -0.4 is 5.32 Å². The Morgan fingerprint density at radius 2 is 2.27 bits per heavy atom. The Balaban J connectivity index is 1.85. The third-order valence-corrected chi connectivity index (χ3v) is 3.74. The molecule has 1 saturated carbocycles. The number of nitrogens with one attached hydrogen (secondary N) is 1. The maximum atomic E-state index is 3.55. The first-order chi connectivity index (χ1) is 7.38. The lowest BCUT2D eigenvalue weighted by Gasteiger charge is -2.05. The topological polar surface area (TPSA) is 12.0 Å². The van der Waals surface area contributed by atoms with Crippen molar-refractivity contribution >= 4 is 11.8 Å². The summed E-state index contributed by atoms with van der Waals surface area (Å²) in [7, 11) is 0. The summed E-state index contributed by atoms with van der Waals surface area (Å²) < 4.78 is 0. The molecule has 1 fully saturated rings. The van der Waals surface area contributed by atoms with Crippen molar-refractivity contribution in [3.63, 3.8) is 0 Å². The summed E-state index contributed by atoms with van der Waals surface area (Å²) in [5, 5.41) is 3.55. The van der Waals surface area contributed by atoms with Gasteiger partial charge in [-0.2, -0.15) is 0 Å². The van der Waals surface area contributed by atoms with E-state index >= 15 is 0 Å². The monoisotopic (exact) mass is 221 g/mol. The minimum Gasteiger partial charge on any atom is -0.310 e. The Kier molecular flexibility index (Phi) is 4.09. The van der Waals surface area contributed by atoms with Crippen LogP contribution in [0.3, 0.4) is 0 Å². The fourth-order valence-corrected chi connectivity index (χ4v) is 2.36. The van der Waals surface area contributed by atoms with E-state index in [0.717, 1.165) is 12.6 Å². The molecule has 1 aliphatic carbocycles. The molecule has 0 atom stereocenters. The van der Waals surface area contributed by atoms with E-state index in [9.17, 15) is 0 Å².